The molecule has 1 aromatic heterocycles. The number of benzene rings is 11. The van der Waals surface area contributed by atoms with Gasteiger partial charge in [0.1, 0.15) is 0 Å². The molecule has 0 N–H and O–H groups in total. The number of aromatic nitrogens is 1. The third kappa shape index (κ3) is 5.55. The Labute approximate surface area is 356 Å². The topological polar surface area (TPSA) is 8.17 Å². The summed E-state index contributed by atoms with van der Waals surface area (Å²) in [7, 11) is -2.69. The number of fused-ring (bicyclic) bond motifs is 2. The standard InChI is InChI=1S/C58H40N2Si/c1-5-20-46(21-6-1)60-55-30-16-19-42-31-32-45-38-48(40-56(60)58(45)57(42)55)59(54-29-15-18-41-17-13-14-28-53(41)54)47-35-33-44-39-52(36-34-43(44)37-47)61(49-22-7-2-8-23-49,50-24-9-3-10-25-50)51-26-11-4-12-27-51/h1-40H. The van der Waals surface area contributed by atoms with Crippen molar-refractivity contribution in [3.05, 3.63) is 243 Å². The zero-order valence-electron chi connectivity index (χ0n) is 33.5. The Kier molecular flexibility index (Phi) is 8.22. The molecule has 2 nitrogen and oxygen atoms in total. The van der Waals surface area contributed by atoms with Gasteiger partial charge in [0.15, 0.2) is 8.07 Å². The fourth-order valence-electron chi connectivity index (χ4n) is 10.2. The molecule has 3 heteroatoms. The van der Waals surface area contributed by atoms with Crippen LogP contribution in [0.3, 0.4) is 0 Å². The van der Waals surface area contributed by atoms with Gasteiger partial charge in [-0.15, -0.1) is 0 Å². The number of hydrogen-bond acceptors (Lipinski definition) is 1. The first-order valence-corrected chi connectivity index (χ1v) is 23.1. The lowest BCUT2D eigenvalue weighted by Crippen LogP contribution is -2.74. The number of para-hydroxylation sites is 1. The highest BCUT2D eigenvalue weighted by Crippen LogP contribution is 2.45. The van der Waals surface area contributed by atoms with Crippen LogP contribution >= 0.6 is 0 Å². The molecule has 0 amide bonds. The highest BCUT2D eigenvalue weighted by Gasteiger charge is 2.41. The SMILES string of the molecule is c1ccc(-n2c3cccc4ccc5cc(N(c6ccc7cc([Si](c8ccccc8)(c8ccccc8)c8ccccc8)ccc7c6)c6cccc7ccccc67)cc2c5c43)cc1. The first kappa shape index (κ1) is 35.2. The molecule has 12 aromatic rings. The Morgan fingerprint density at radius 1 is 0.311 bits per heavy atom. The van der Waals surface area contributed by atoms with E-state index in [1.807, 2.05) is 0 Å². The minimum atomic E-state index is -2.69. The van der Waals surface area contributed by atoms with Crippen molar-refractivity contribution in [3.63, 3.8) is 0 Å². The first-order valence-electron chi connectivity index (χ1n) is 21.1. The van der Waals surface area contributed by atoms with Crippen LogP contribution in [-0.2, 0) is 0 Å². The van der Waals surface area contributed by atoms with Gasteiger partial charge in [-0.2, -0.15) is 0 Å². The zero-order valence-corrected chi connectivity index (χ0v) is 34.5. The molecule has 0 radical (unpaired) electrons. The van der Waals surface area contributed by atoms with Crippen LogP contribution < -0.4 is 25.6 Å². The Hall–Kier alpha value is -7.72. The molecule has 0 fully saturated rings. The molecule has 0 saturated heterocycles. The fraction of sp³-hybridized carbons (Fsp3) is 0. The summed E-state index contributed by atoms with van der Waals surface area (Å²) in [4.78, 5) is 2.47. The minimum Gasteiger partial charge on any atom is -0.310 e. The number of rotatable bonds is 8. The van der Waals surface area contributed by atoms with E-state index in [1.165, 1.54) is 74.9 Å². The van der Waals surface area contributed by atoms with E-state index in [9.17, 15) is 0 Å². The molecule has 0 aliphatic heterocycles. The highest BCUT2D eigenvalue weighted by molar-refractivity contribution is 7.20. The van der Waals surface area contributed by atoms with Gasteiger partial charge in [-0.1, -0.05) is 194 Å². The molecule has 286 valence electrons. The van der Waals surface area contributed by atoms with Crippen molar-refractivity contribution in [3.8, 4) is 5.69 Å². The lowest BCUT2D eigenvalue weighted by molar-refractivity contribution is 1.18. The van der Waals surface area contributed by atoms with E-state index in [4.69, 9.17) is 0 Å². The van der Waals surface area contributed by atoms with Crippen molar-refractivity contribution in [1.29, 1.82) is 0 Å². The summed E-state index contributed by atoms with van der Waals surface area (Å²) in [6.45, 7) is 0. The molecule has 12 rings (SSSR count). The second-order valence-electron chi connectivity index (χ2n) is 16.1. The van der Waals surface area contributed by atoms with Crippen LogP contribution in [0, 0.1) is 0 Å². The van der Waals surface area contributed by atoms with Crippen LogP contribution in [0.15, 0.2) is 243 Å². The van der Waals surface area contributed by atoms with E-state index < -0.39 is 8.07 Å². The molecule has 0 unspecified atom stereocenters. The molecule has 0 spiro atoms. The quantitative estimate of drug-likeness (QED) is 0.0845. The van der Waals surface area contributed by atoms with Crippen molar-refractivity contribution in [2.24, 2.45) is 0 Å². The summed E-state index contributed by atoms with van der Waals surface area (Å²) in [5.41, 5.74) is 6.96. The third-order valence-electron chi connectivity index (χ3n) is 12.8. The number of hydrogen-bond donors (Lipinski definition) is 0. The lowest BCUT2D eigenvalue weighted by Gasteiger charge is -2.34. The third-order valence-corrected chi connectivity index (χ3v) is 17.6. The summed E-state index contributed by atoms with van der Waals surface area (Å²) >= 11 is 0. The van der Waals surface area contributed by atoms with E-state index in [0.717, 1.165) is 22.7 Å². The van der Waals surface area contributed by atoms with Gasteiger partial charge in [0.05, 0.1) is 16.7 Å². The molecule has 11 aromatic carbocycles. The van der Waals surface area contributed by atoms with Crippen molar-refractivity contribution in [2.75, 3.05) is 4.90 Å². The van der Waals surface area contributed by atoms with Gasteiger partial charge in [0, 0.05) is 33.2 Å². The predicted octanol–water partition coefficient (Wildman–Crippen LogP) is 12.5. The lowest BCUT2D eigenvalue weighted by atomic mass is 10.0. The van der Waals surface area contributed by atoms with E-state index in [-0.39, 0.29) is 0 Å². The van der Waals surface area contributed by atoms with Gasteiger partial charge in [-0.3, -0.25) is 0 Å². The maximum Gasteiger partial charge on any atom is 0.179 e. The minimum absolute atomic E-state index is 1.11. The summed E-state index contributed by atoms with van der Waals surface area (Å²) in [5.74, 6) is 0. The van der Waals surface area contributed by atoms with Crippen LogP contribution in [0.25, 0.3) is 59.8 Å². The van der Waals surface area contributed by atoms with Crippen molar-refractivity contribution < 1.29 is 0 Å². The maximum absolute atomic E-state index is 2.69. The summed E-state index contributed by atoms with van der Waals surface area (Å²) in [6.07, 6.45) is 0. The smallest absolute Gasteiger partial charge is 0.179 e. The largest absolute Gasteiger partial charge is 0.310 e. The van der Waals surface area contributed by atoms with Gasteiger partial charge in [0.2, 0.25) is 0 Å². The molecule has 0 saturated carbocycles. The van der Waals surface area contributed by atoms with Crippen molar-refractivity contribution in [2.45, 2.75) is 0 Å². The van der Waals surface area contributed by atoms with Crippen LogP contribution in [0.5, 0.6) is 0 Å². The molecule has 0 bridgehead atoms. The van der Waals surface area contributed by atoms with Crippen LogP contribution in [-0.4, -0.2) is 12.6 Å². The van der Waals surface area contributed by atoms with Gasteiger partial charge >= 0.3 is 0 Å². The average Bonchev–Trinajstić information content (AvgIpc) is 3.68. The Morgan fingerprint density at radius 3 is 1.56 bits per heavy atom. The van der Waals surface area contributed by atoms with Gasteiger partial charge in [0.25, 0.3) is 0 Å². The first-order chi connectivity index (χ1) is 30.3. The maximum atomic E-state index is 2.47. The molecular weight excluding hydrogens is 753 g/mol. The monoisotopic (exact) mass is 792 g/mol. The van der Waals surface area contributed by atoms with Gasteiger partial charge < -0.3 is 9.47 Å². The molecule has 1 heterocycles. The summed E-state index contributed by atoms with van der Waals surface area (Å²) < 4.78 is 2.44. The van der Waals surface area contributed by atoms with Crippen molar-refractivity contribution in [1.82, 2.24) is 4.57 Å². The normalized spacial score (nSPS) is 11.9. The molecular formula is C58H40N2Si. The summed E-state index contributed by atoms with van der Waals surface area (Å²) in [5, 5.41) is 15.4. The van der Waals surface area contributed by atoms with Gasteiger partial charge in [-0.05, 0) is 96.2 Å². The zero-order chi connectivity index (χ0) is 40.3. The van der Waals surface area contributed by atoms with E-state index in [1.54, 1.807) is 0 Å². The Balaban J connectivity index is 1.10. The summed E-state index contributed by atoms with van der Waals surface area (Å²) in [6, 6.07) is 90.1. The van der Waals surface area contributed by atoms with Crippen molar-refractivity contribution >= 4 is 100 Å². The second-order valence-corrected chi connectivity index (χ2v) is 19.9. The average molecular weight is 793 g/mol. The molecule has 0 aliphatic carbocycles. The predicted molar refractivity (Wildman–Crippen MR) is 263 cm³/mol. The Bertz CT molecular complexity index is 3420. The molecule has 0 atom stereocenters. The highest BCUT2D eigenvalue weighted by atomic mass is 28.3. The number of anilines is 3. The van der Waals surface area contributed by atoms with Gasteiger partial charge in [-0.25, -0.2) is 0 Å². The molecule has 61 heavy (non-hydrogen) atoms. The molecule has 0 aliphatic rings. The number of nitrogens with zero attached hydrogens (tertiary/aromatic N) is 2. The van der Waals surface area contributed by atoms with E-state index >= 15 is 0 Å². The Morgan fingerprint density at radius 2 is 0.836 bits per heavy atom. The van der Waals surface area contributed by atoms with E-state index in [2.05, 4.69) is 252 Å². The fourth-order valence-corrected chi connectivity index (χ4v) is 14.9. The van der Waals surface area contributed by atoms with Crippen LogP contribution in [0.2, 0.25) is 0 Å². The second kappa shape index (κ2) is 14.2. The van der Waals surface area contributed by atoms with E-state index in [0.29, 0.717) is 0 Å². The van der Waals surface area contributed by atoms with Crippen LogP contribution in [0.4, 0.5) is 17.1 Å². The van der Waals surface area contributed by atoms with Crippen LogP contribution in [0.1, 0.15) is 0 Å².